The van der Waals surface area contributed by atoms with Gasteiger partial charge in [0.2, 0.25) is 0 Å². The van der Waals surface area contributed by atoms with Crippen LogP contribution in [0.4, 0.5) is 11.4 Å². The molecular weight excluding hydrogens is 440 g/mol. The molecule has 0 bridgehead atoms. The van der Waals surface area contributed by atoms with Crippen LogP contribution >= 0.6 is 27.5 Å². The number of carbonyl (C=O) groups is 1. The number of para-hydroxylation sites is 1. The van der Waals surface area contributed by atoms with E-state index in [9.17, 15) is 14.9 Å². The number of nitrogens with zero attached hydrogens (tertiary/aromatic N) is 1. The number of nitro benzene ring substituents is 1. The number of carbonyl (C=O) groups excluding carboxylic acids is 1. The highest BCUT2D eigenvalue weighted by atomic mass is 79.9. The highest BCUT2D eigenvalue weighted by Gasteiger charge is 2.19. The number of ether oxygens (including phenoxy) is 1. The van der Waals surface area contributed by atoms with Crippen molar-refractivity contribution < 1.29 is 18.9 Å². The first-order chi connectivity index (χ1) is 12.9. The summed E-state index contributed by atoms with van der Waals surface area (Å²) in [5, 5.41) is 13.7. The average molecular weight is 452 g/mol. The summed E-state index contributed by atoms with van der Waals surface area (Å²) < 4.78 is 11.9. The minimum atomic E-state index is -0.624. The van der Waals surface area contributed by atoms with Crippen LogP contribution in [0.5, 0.6) is 5.75 Å². The van der Waals surface area contributed by atoms with Crippen LogP contribution in [0.2, 0.25) is 5.02 Å². The fourth-order valence-electron chi connectivity index (χ4n) is 2.23. The zero-order valence-electron chi connectivity index (χ0n) is 13.6. The molecule has 0 saturated heterocycles. The third-order valence-electron chi connectivity index (χ3n) is 3.50. The van der Waals surface area contributed by atoms with Crippen LogP contribution in [-0.4, -0.2) is 10.8 Å². The quantitative estimate of drug-likeness (QED) is 0.398. The summed E-state index contributed by atoms with van der Waals surface area (Å²) >= 11 is 9.14. The maximum Gasteiger partial charge on any atom is 0.294 e. The Hall–Kier alpha value is -2.84. The van der Waals surface area contributed by atoms with Crippen LogP contribution in [0.3, 0.4) is 0 Å². The van der Waals surface area contributed by atoms with Crippen molar-refractivity contribution >= 4 is 44.8 Å². The zero-order chi connectivity index (χ0) is 19.4. The third kappa shape index (κ3) is 4.66. The van der Waals surface area contributed by atoms with Gasteiger partial charge in [0.05, 0.1) is 9.40 Å². The van der Waals surface area contributed by atoms with Crippen molar-refractivity contribution in [3.8, 4) is 5.75 Å². The van der Waals surface area contributed by atoms with Gasteiger partial charge in [-0.1, -0.05) is 23.7 Å². The highest BCUT2D eigenvalue weighted by Crippen LogP contribution is 2.28. The van der Waals surface area contributed by atoms with Crippen LogP contribution in [0.25, 0.3) is 0 Å². The molecule has 3 rings (SSSR count). The van der Waals surface area contributed by atoms with Gasteiger partial charge in [0.25, 0.3) is 11.6 Å². The fraction of sp³-hybridized carbons (Fsp3) is 0.0556. The molecule has 0 unspecified atom stereocenters. The van der Waals surface area contributed by atoms with Crippen LogP contribution < -0.4 is 10.1 Å². The summed E-state index contributed by atoms with van der Waals surface area (Å²) in [5.74, 6) is 0.454. The van der Waals surface area contributed by atoms with Crippen molar-refractivity contribution in [3.05, 3.63) is 85.7 Å². The Labute approximate surface area is 167 Å². The summed E-state index contributed by atoms with van der Waals surface area (Å²) in [6.45, 7) is 0.122. The molecule has 1 heterocycles. The van der Waals surface area contributed by atoms with E-state index in [2.05, 4.69) is 21.2 Å². The summed E-state index contributed by atoms with van der Waals surface area (Å²) in [5.41, 5.74) is -0.281. The third-order valence-corrected chi connectivity index (χ3v) is 4.39. The average Bonchev–Trinajstić information content (AvgIpc) is 3.11. The second-order valence-corrected chi connectivity index (χ2v) is 6.65. The maximum absolute atomic E-state index is 12.3. The van der Waals surface area contributed by atoms with Gasteiger partial charge in [-0.2, -0.15) is 0 Å². The number of hydrogen-bond donors (Lipinski definition) is 1. The molecule has 0 aliphatic heterocycles. The molecule has 0 atom stereocenters. The van der Waals surface area contributed by atoms with Crippen LogP contribution in [0.15, 0.2) is 63.5 Å². The second-order valence-electron chi connectivity index (χ2n) is 5.36. The van der Waals surface area contributed by atoms with E-state index in [0.29, 0.717) is 11.5 Å². The molecule has 1 aromatic heterocycles. The highest BCUT2D eigenvalue weighted by molar-refractivity contribution is 9.10. The first-order valence-corrected chi connectivity index (χ1v) is 8.82. The number of amides is 1. The topological polar surface area (TPSA) is 94.6 Å². The van der Waals surface area contributed by atoms with Gasteiger partial charge in [0.1, 0.15) is 23.8 Å². The molecule has 0 radical (unpaired) electrons. The SMILES string of the molecule is O=C(Nc1ccc(Cl)cc1[N+](=O)[O-])c1ccc(COc2ccccc2Br)o1. The minimum absolute atomic E-state index is 0.00461. The Bertz CT molecular complexity index is 1000. The summed E-state index contributed by atoms with van der Waals surface area (Å²) in [6.07, 6.45) is 0. The Morgan fingerprint density at radius 1 is 1.22 bits per heavy atom. The first-order valence-electron chi connectivity index (χ1n) is 7.65. The molecule has 0 aliphatic carbocycles. The standard InChI is InChI=1S/C18H12BrClN2O5/c19-13-3-1-2-4-16(13)26-10-12-6-8-17(27-12)18(23)21-14-7-5-11(20)9-15(14)22(24)25/h1-9H,10H2,(H,21,23). The molecule has 2 aromatic carbocycles. The number of furan rings is 1. The predicted molar refractivity (Wildman–Crippen MR) is 103 cm³/mol. The number of rotatable bonds is 6. The molecule has 0 saturated carbocycles. The van der Waals surface area contributed by atoms with Gasteiger partial charge in [-0.15, -0.1) is 0 Å². The zero-order valence-corrected chi connectivity index (χ0v) is 16.0. The fourth-order valence-corrected chi connectivity index (χ4v) is 2.80. The van der Waals surface area contributed by atoms with Gasteiger partial charge >= 0.3 is 0 Å². The van der Waals surface area contributed by atoms with Crippen LogP contribution in [-0.2, 0) is 6.61 Å². The van der Waals surface area contributed by atoms with Crippen molar-refractivity contribution in [1.82, 2.24) is 0 Å². The lowest BCUT2D eigenvalue weighted by atomic mass is 10.2. The molecule has 9 heteroatoms. The Morgan fingerprint density at radius 2 is 2.00 bits per heavy atom. The van der Waals surface area contributed by atoms with E-state index in [0.717, 1.165) is 10.5 Å². The van der Waals surface area contributed by atoms with Gasteiger partial charge in [0.15, 0.2) is 5.76 Å². The first kappa shape index (κ1) is 18.9. The van der Waals surface area contributed by atoms with E-state index in [4.69, 9.17) is 20.8 Å². The summed E-state index contributed by atoms with van der Waals surface area (Å²) in [6, 6.07) is 14.4. The van der Waals surface area contributed by atoms with Crippen LogP contribution in [0, 0.1) is 10.1 Å². The molecule has 138 valence electrons. The van der Waals surface area contributed by atoms with Gasteiger partial charge in [0, 0.05) is 11.1 Å². The Kier molecular flexibility index (Phi) is 5.78. The number of halogens is 2. The summed E-state index contributed by atoms with van der Waals surface area (Å²) in [7, 11) is 0. The van der Waals surface area contributed by atoms with Crippen molar-refractivity contribution in [3.63, 3.8) is 0 Å². The van der Waals surface area contributed by atoms with Gasteiger partial charge in [-0.05, 0) is 52.3 Å². The van der Waals surface area contributed by atoms with Gasteiger partial charge < -0.3 is 14.5 Å². The molecule has 0 spiro atoms. The lowest BCUT2D eigenvalue weighted by molar-refractivity contribution is -0.383. The van der Waals surface area contributed by atoms with Crippen molar-refractivity contribution in [2.45, 2.75) is 6.61 Å². The molecule has 0 fully saturated rings. The largest absolute Gasteiger partial charge is 0.484 e. The van der Waals surface area contributed by atoms with E-state index in [1.54, 1.807) is 12.1 Å². The molecule has 0 aliphatic rings. The van der Waals surface area contributed by atoms with E-state index in [1.807, 2.05) is 18.2 Å². The van der Waals surface area contributed by atoms with E-state index in [1.165, 1.54) is 18.2 Å². The van der Waals surface area contributed by atoms with E-state index in [-0.39, 0.29) is 28.8 Å². The monoisotopic (exact) mass is 450 g/mol. The number of hydrogen-bond acceptors (Lipinski definition) is 5. The number of nitro groups is 1. The second kappa shape index (κ2) is 8.24. The number of nitrogens with one attached hydrogen (secondary N) is 1. The smallest absolute Gasteiger partial charge is 0.294 e. The molecular formula is C18H12BrClN2O5. The van der Waals surface area contributed by atoms with Crippen molar-refractivity contribution in [2.75, 3.05) is 5.32 Å². The van der Waals surface area contributed by atoms with Gasteiger partial charge in [-0.3, -0.25) is 14.9 Å². The Balaban J connectivity index is 1.69. The number of benzene rings is 2. The van der Waals surface area contributed by atoms with E-state index < -0.39 is 10.8 Å². The van der Waals surface area contributed by atoms with Crippen LogP contribution in [0.1, 0.15) is 16.3 Å². The Morgan fingerprint density at radius 3 is 2.74 bits per heavy atom. The number of anilines is 1. The predicted octanol–water partition coefficient (Wildman–Crippen LogP) is 5.44. The molecule has 1 amide bonds. The maximum atomic E-state index is 12.3. The van der Waals surface area contributed by atoms with Gasteiger partial charge in [-0.25, -0.2) is 0 Å². The lowest BCUT2D eigenvalue weighted by Gasteiger charge is -2.06. The molecule has 3 aromatic rings. The van der Waals surface area contributed by atoms with E-state index >= 15 is 0 Å². The molecule has 7 nitrogen and oxygen atoms in total. The van der Waals surface area contributed by atoms with Crippen molar-refractivity contribution in [1.29, 1.82) is 0 Å². The minimum Gasteiger partial charge on any atom is -0.484 e. The summed E-state index contributed by atoms with van der Waals surface area (Å²) in [4.78, 5) is 22.8. The normalized spacial score (nSPS) is 10.4. The molecule has 27 heavy (non-hydrogen) atoms. The van der Waals surface area contributed by atoms with Crippen molar-refractivity contribution in [2.24, 2.45) is 0 Å². The molecule has 1 N–H and O–H groups in total. The lowest BCUT2D eigenvalue weighted by Crippen LogP contribution is -2.12.